The van der Waals surface area contributed by atoms with Crippen molar-refractivity contribution in [2.45, 2.75) is 25.0 Å². The van der Waals surface area contributed by atoms with Crippen molar-refractivity contribution in [3.8, 4) is 22.0 Å². The molecule has 0 aromatic carbocycles. The number of H-pyrrole nitrogens is 1. The van der Waals surface area contributed by atoms with Crippen molar-refractivity contribution in [1.82, 2.24) is 29.9 Å². The molecule has 5 rings (SSSR count). The molecule has 1 aliphatic carbocycles. The first-order valence-electron chi connectivity index (χ1n) is 9.12. The number of amides is 1. The summed E-state index contributed by atoms with van der Waals surface area (Å²) in [7, 11) is 0. The third-order valence-electron chi connectivity index (χ3n) is 4.83. The molecule has 4 heterocycles. The van der Waals surface area contributed by atoms with E-state index in [-0.39, 0.29) is 18.1 Å². The fourth-order valence-corrected chi connectivity index (χ4v) is 3.98. The number of aromatic amines is 1. The summed E-state index contributed by atoms with van der Waals surface area (Å²) in [5, 5.41) is 26.2. The van der Waals surface area contributed by atoms with Gasteiger partial charge in [-0.25, -0.2) is 4.98 Å². The predicted molar refractivity (Wildman–Crippen MR) is 107 cm³/mol. The van der Waals surface area contributed by atoms with Crippen LogP contribution < -0.4 is 5.32 Å². The van der Waals surface area contributed by atoms with Gasteiger partial charge in [0.1, 0.15) is 16.4 Å². The number of anilines is 1. The standard InChI is InChI=1S/C19H17N7O2S/c27-13-5-12(6-13)26-9-15(17(25-26)14-3-1-2-4-20-14)23-18(28)16-10-29-19(24-16)11-7-21-22-8-11/h1-4,7-10,12-13,27H,5-6H2,(H,21,22)(H,23,28)/t12-,13+. The van der Waals surface area contributed by atoms with E-state index in [0.29, 0.717) is 40.6 Å². The summed E-state index contributed by atoms with van der Waals surface area (Å²) in [5.74, 6) is -0.318. The van der Waals surface area contributed by atoms with Crippen molar-refractivity contribution >= 4 is 22.9 Å². The number of aliphatic hydroxyl groups excluding tert-OH is 1. The molecule has 4 aromatic rings. The second-order valence-electron chi connectivity index (χ2n) is 6.84. The number of pyridine rings is 1. The fraction of sp³-hybridized carbons (Fsp3) is 0.211. The van der Waals surface area contributed by atoms with Crippen LogP contribution in [0.5, 0.6) is 0 Å². The molecule has 0 unspecified atom stereocenters. The van der Waals surface area contributed by atoms with E-state index in [1.807, 2.05) is 18.2 Å². The van der Waals surface area contributed by atoms with E-state index in [0.717, 1.165) is 5.56 Å². The molecule has 10 heteroatoms. The van der Waals surface area contributed by atoms with E-state index in [9.17, 15) is 9.90 Å². The topological polar surface area (TPSA) is 122 Å². The zero-order chi connectivity index (χ0) is 19.8. The van der Waals surface area contributed by atoms with Gasteiger partial charge in [-0.1, -0.05) is 6.07 Å². The van der Waals surface area contributed by atoms with Gasteiger partial charge < -0.3 is 10.4 Å². The van der Waals surface area contributed by atoms with E-state index >= 15 is 0 Å². The zero-order valence-electron chi connectivity index (χ0n) is 15.2. The zero-order valence-corrected chi connectivity index (χ0v) is 16.0. The number of nitrogens with one attached hydrogen (secondary N) is 2. The Labute approximate surface area is 169 Å². The molecule has 1 fully saturated rings. The third-order valence-corrected chi connectivity index (χ3v) is 5.72. The monoisotopic (exact) mass is 407 g/mol. The largest absolute Gasteiger partial charge is 0.393 e. The van der Waals surface area contributed by atoms with Gasteiger partial charge in [0.2, 0.25) is 0 Å². The molecule has 0 aliphatic heterocycles. The summed E-state index contributed by atoms with van der Waals surface area (Å²) in [6, 6.07) is 5.66. The van der Waals surface area contributed by atoms with Crippen LogP contribution in [0.4, 0.5) is 5.69 Å². The maximum Gasteiger partial charge on any atom is 0.275 e. The third kappa shape index (κ3) is 3.43. The number of carbonyl (C=O) groups is 1. The van der Waals surface area contributed by atoms with Crippen LogP contribution in [0.2, 0.25) is 0 Å². The molecular formula is C19H17N7O2S. The second-order valence-corrected chi connectivity index (χ2v) is 7.70. The number of carbonyl (C=O) groups excluding carboxylic acids is 1. The van der Waals surface area contributed by atoms with E-state index in [1.54, 1.807) is 34.8 Å². The van der Waals surface area contributed by atoms with E-state index in [1.165, 1.54) is 11.3 Å². The quantitative estimate of drug-likeness (QED) is 0.468. The van der Waals surface area contributed by atoms with Crippen LogP contribution in [0, 0.1) is 0 Å². The van der Waals surface area contributed by atoms with Gasteiger partial charge in [0.15, 0.2) is 0 Å². The molecule has 9 nitrogen and oxygen atoms in total. The van der Waals surface area contributed by atoms with Gasteiger partial charge in [-0.05, 0) is 25.0 Å². The molecule has 0 radical (unpaired) electrons. The van der Waals surface area contributed by atoms with Crippen LogP contribution in [0.1, 0.15) is 29.4 Å². The number of thiazole rings is 1. The van der Waals surface area contributed by atoms with Gasteiger partial charge in [-0.15, -0.1) is 11.3 Å². The number of hydrogen-bond donors (Lipinski definition) is 3. The van der Waals surface area contributed by atoms with Gasteiger partial charge in [0, 0.05) is 29.5 Å². The molecule has 0 bridgehead atoms. The van der Waals surface area contributed by atoms with Crippen LogP contribution >= 0.6 is 11.3 Å². The van der Waals surface area contributed by atoms with Gasteiger partial charge in [0.05, 0.1) is 29.7 Å². The number of rotatable bonds is 5. The van der Waals surface area contributed by atoms with Crippen LogP contribution in [0.25, 0.3) is 22.0 Å². The Bertz CT molecular complexity index is 1130. The molecule has 29 heavy (non-hydrogen) atoms. The molecule has 1 saturated carbocycles. The average molecular weight is 407 g/mol. The summed E-state index contributed by atoms with van der Waals surface area (Å²) >= 11 is 1.38. The Balaban J connectivity index is 1.43. The Hall–Kier alpha value is -3.37. The minimum atomic E-state index is -0.318. The van der Waals surface area contributed by atoms with Crippen molar-refractivity contribution in [2.75, 3.05) is 5.32 Å². The molecule has 4 aromatic heterocycles. The van der Waals surface area contributed by atoms with Crippen LogP contribution in [-0.2, 0) is 0 Å². The molecule has 0 atom stereocenters. The minimum Gasteiger partial charge on any atom is -0.393 e. The van der Waals surface area contributed by atoms with E-state index in [4.69, 9.17) is 0 Å². The first-order chi connectivity index (χ1) is 14.2. The number of hydrogen-bond acceptors (Lipinski definition) is 7. The van der Waals surface area contributed by atoms with Crippen molar-refractivity contribution < 1.29 is 9.90 Å². The molecule has 1 aliphatic rings. The van der Waals surface area contributed by atoms with Crippen LogP contribution in [-0.4, -0.2) is 47.1 Å². The van der Waals surface area contributed by atoms with Crippen molar-refractivity contribution in [2.24, 2.45) is 0 Å². The minimum absolute atomic E-state index is 0.116. The highest BCUT2D eigenvalue weighted by Crippen LogP contribution is 2.35. The molecule has 0 saturated heterocycles. The lowest BCUT2D eigenvalue weighted by Crippen LogP contribution is -2.31. The second kappa shape index (κ2) is 7.22. The number of nitrogens with zero attached hydrogens (tertiary/aromatic N) is 5. The summed E-state index contributed by atoms with van der Waals surface area (Å²) < 4.78 is 1.80. The summed E-state index contributed by atoms with van der Waals surface area (Å²) in [4.78, 5) is 21.6. The first kappa shape index (κ1) is 17.7. The van der Waals surface area contributed by atoms with Crippen molar-refractivity contribution in [3.05, 3.63) is 54.1 Å². The maximum absolute atomic E-state index is 12.8. The molecule has 146 valence electrons. The summed E-state index contributed by atoms with van der Waals surface area (Å²) in [6.45, 7) is 0. The number of aliphatic hydroxyl groups is 1. The van der Waals surface area contributed by atoms with E-state index < -0.39 is 0 Å². The van der Waals surface area contributed by atoms with Crippen molar-refractivity contribution in [1.29, 1.82) is 0 Å². The first-order valence-corrected chi connectivity index (χ1v) is 10.00. The lowest BCUT2D eigenvalue weighted by molar-refractivity contribution is 0.0435. The lowest BCUT2D eigenvalue weighted by atomic mass is 9.90. The maximum atomic E-state index is 12.8. The predicted octanol–water partition coefficient (Wildman–Crippen LogP) is 2.74. The fourth-order valence-electron chi connectivity index (χ4n) is 3.20. The highest BCUT2D eigenvalue weighted by Gasteiger charge is 2.30. The Morgan fingerprint density at radius 1 is 1.34 bits per heavy atom. The van der Waals surface area contributed by atoms with Gasteiger partial charge in [0.25, 0.3) is 5.91 Å². The Kier molecular flexibility index (Phi) is 4.41. The summed E-state index contributed by atoms with van der Waals surface area (Å²) in [6.07, 6.45) is 7.88. The van der Waals surface area contributed by atoms with E-state index in [2.05, 4.69) is 30.6 Å². The lowest BCUT2D eigenvalue weighted by Gasteiger charge is -2.31. The molecule has 3 N–H and O–H groups in total. The smallest absolute Gasteiger partial charge is 0.275 e. The highest BCUT2D eigenvalue weighted by molar-refractivity contribution is 7.13. The van der Waals surface area contributed by atoms with Crippen LogP contribution in [0.3, 0.4) is 0 Å². The molecule has 1 amide bonds. The normalized spacial score (nSPS) is 18.4. The van der Waals surface area contributed by atoms with Gasteiger partial charge in [-0.3, -0.25) is 19.6 Å². The van der Waals surface area contributed by atoms with Crippen LogP contribution in [0.15, 0.2) is 48.4 Å². The molecular weight excluding hydrogens is 390 g/mol. The molecule has 0 spiro atoms. The van der Waals surface area contributed by atoms with Gasteiger partial charge >= 0.3 is 0 Å². The SMILES string of the molecule is O=C(Nc1cn([C@H]2C[C@@H](O)C2)nc1-c1ccccn1)c1csc(-c2cn[nH]c2)n1. The summed E-state index contributed by atoms with van der Waals surface area (Å²) in [5.41, 5.74) is 2.97. The van der Waals surface area contributed by atoms with Gasteiger partial charge in [-0.2, -0.15) is 10.2 Å². The number of aromatic nitrogens is 6. The van der Waals surface area contributed by atoms with Crippen molar-refractivity contribution in [3.63, 3.8) is 0 Å². The Morgan fingerprint density at radius 3 is 2.97 bits per heavy atom. The Morgan fingerprint density at radius 2 is 2.24 bits per heavy atom. The average Bonchev–Trinajstić information content (AvgIpc) is 3.45. The highest BCUT2D eigenvalue weighted by atomic mass is 32.1.